The van der Waals surface area contributed by atoms with Crippen LogP contribution in [0.15, 0.2) is 24.3 Å². The monoisotopic (exact) mass is 265 g/mol. The maximum atomic E-state index is 11.4. The average Bonchev–Trinajstić information content (AvgIpc) is 2.39. The summed E-state index contributed by atoms with van der Waals surface area (Å²) in [5, 5.41) is 2.68. The molecule has 0 atom stereocenters. The van der Waals surface area contributed by atoms with Gasteiger partial charge in [-0.05, 0) is 31.0 Å². The van der Waals surface area contributed by atoms with Crippen molar-refractivity contribution in [2.75, 3.05) is 20.3 Å². The minimum Gasteiger partial charge on any atom is -0.497 e. The summed E-state index contributed by atoms with van der Waals surface area (Å²) in [5.74, 6) is -0.0296. The third-order valence-corrected chi connectivity index (χ3v) is 2.48. The minimum atomic E-state index is -0.499. The second-order valence-electron chi connectivity index (χ2n) is 3.93. The lowest BCUT2D eigenvalue weighted by atomic mass is 10.1. The number of carbonyl (C=O) groups is 2. The van der Waals surface area contributed by atoms with E-state index in [9.17, 15) is 9.59 Å². The SMILES string of the molecule is CCOC(=O)CC(=O)NCCc1cccc(OC)c1. The third kappa shape index (κ3) is 5.90. The van der Waals surface area contributed by atoms with Crippen LogP contribution in [0.3, 0.4) is 0 Å². The van der Waals surface area contributed by atoms with E-state index in [1.165, 1.54) is 0 Å². The Kier molecular flexibility index (Phi) is 6.43. The van der Waals surface area contributed by atoms with Gasteiger partial charge in [0.05, 0.1) is 13.7 Å². The fourth-order valence-electron chi connectivity index (χ4n) is 1.58. The molecular weight excluding hydrogens is 246 g/mol. The van der Waals surface area contributed by atoms with Crippen molar-refractivity contribution in [3.8, 4) is 5.75 Å². The van der Waals surface area contributed by atoms with Crippen molar-refractivity contribution in [1.82, 2.24) is 5.32 Å². The molecule has 1 rings (SSSR count). The van der Waals surface area contributed by atoms with Crippen LogP contribution in [0.25, 0.3) is 0 Å². The van der Waals surface area contributed by atoms with Crippen LogP contribution in [0, 0.1) is 0 Å². The Balaban J connectivity index is 2.29. The van der Waals surface area contributed by atoms with E-state index in [2.05, 4.69) is 5.32 Å². The molecule has 0 saturated carbocycles. The summed E-state index contributed by atoms with van der Waals surface area (Å²) in [7, 11) is 1.61. The zero-order valence-electron chi connectivity index (χ0n) is 11.3. The van der Waals surface area contributed by atoms with E-state index in [0.29, 0.717) is 13.0 Å². The average molecular weight is 265 g/mol. The fourth-order valence-corrected chi connectivity index (χ4v) is 1.58. The quantitative estimate of drug-likeness (QED) is 0.596. The smallest absolute Gasteiger partial charge is 0.315 e. The Hall–Kier alpha value is -2.04. The van der Waals surface area contributed by atoms with Crippen LogP contribution in [0.5, 0.6) is 5.75 Å². The van der Waals surface area contributed by atoms with E-state index in [1.54, 1.807) is 14.0 Å². The van der Waals surface area contributed by atoms with Crippen LogP contribution >= 0.6 is 0 Å². The van der Waals surface area contributed by atoms with Gasteiger partial charge in [-0.3, -0.25) is 9.59 Å². The van der Waals surface area contributed by atoms with Crippen LogP contribution in [0.4, 0.5) is 0 Å². The molecule has 0 saturated heterocycles. The molecule has 19 heavy (non-hydrogen) atoms. The van der Waals surface area contributed by atoms with Crippen molar-refractivity contribution < 1.29 is 19.1 Å². The van der Waals surface area contributed by atoms with Gasteiger partial charge in [0.1, 0.15) is 12.2 Å². The molecule has 5 heteroatoms. The molecule has 0 aromatic heterocycles. The predicted molar refractivity (Wildman–Crippen MR) is 71.0 cm³/mol. The number of nitrogens with one attached hydrogen (secondary N) is 1. The van der Waals surface area contributed by atoms with Gasteiger partial charge in [0.25, 0.3) is 0 Å². The van der Waals surface area contributed by atoms with E-state index < -0.39 is 5.97 Å². The van der Waals surface area contributed by atoms with Crippen molar-refractivity contribution in [3.63, 3.8) is 0 Å². The van der Waals surface area contributed by atoms with Gasteiger partial charge < -0.3 is 14.8 Å². The van der Waals surface area contributed by atoms with Gasteiger partial charge in [0.2, 0.25) is 5.91 Å². The maximum Gasteiger partial charge on any atom is 0.315 e. The van der Waals surface area contributed by atoms with E-state index in [4.69, 9.17) is 9.47 Å². The van der Waals surface area contributed by atoms with Crippen LogP contribution < -0.4 is 10.1 Å². The number of benzene rings is 1. The molecular formula is C14H19NO4. The number of carbonyl (C=O) groups excluding carboxylic acids is 2. The Morgan fingerprint density at radius 1 is 1.32 bits per heavy atom. The maximum absolute atomic E-state index is 11.4. The number of amides is 1. The summed E-state index contributed by atoms with van der Waals surface area (Å²) < 4.78 is 9.80. The third-order valence-electron chi connectivity index (χ3n) is 2.48. The predicted octanol–water partition coefficient (Wildman–Crippen LogP) is 1.31. The normalized spacial score (nSPS) is 9.79. The van der Waals surface area contributed by atoms with Crippen LogP contribution in [-0.4, -0.2) is 32.1 Å². The number of ether oxygens (including phenoxy) is 2. The number of methoxy groups -OCH3 is 1. The molecule has 0 aliphatic heterocycles. The topological polar surface area (TPSA) is 64.6 Å². The van der Waals surface area contributed by atoms with Gasteiger partial charge >= 0.3 is 5.97 Å². The second kappa shape index (κ2) is 8.13. The fraction of sp³-hybridized carbons (Fsp3) is 0.429. The number of esters is 1. The molecule has 0 aliphatic rings. The van der Waals surface area contributed by atoms with E-state index >= 15 is 0 Å². The lowest BCUT2D eigenvalue weighted by Crippen LogP contribution is -2.28. The van der Waals surface area contributed by atoms with Crippen LogP contribution in [-0.2, 0) is 20.7 Å². The molecule has 0 fully saturated rings. The Morgan fingerprint density at radius 3 is 2.79 bits per heavy atom. The molecule has 1 amide bonds. The van der Waals surface area contributed by atoms with Crippen LogP contribution in [0.1, 0.15) is 18.9 Å². The molecule has 1 aromatic rings. The molecule has 0 spiro atoms. The highest BCUT2D eigenvalue weighted by molar-refractivity contribution is 5.94. The van der Waals surface area contributed by atoms with Gasteiger partial charge in [-0.25, -0.2) is 0 Å². The summed E-state index contributed by atoms with van der Waals surface area (Å²) in [6.07, 6.45) is 0.456. The summed E-state index contributed by atoms with van der Waals surface area (Å²) in [6, 6.07) is 7.63. The Labute approximate surface area is 112 Å². The molecule has 104 valence electrons. The lowest BCUT2D eigenvalue weighted by molar-refractivity contribution is -0.145. The van der Waals surface area contributed by atoms with Crippen molar-refractivity contribution in [2.45, 2.75) is 19.8 Å². The van der Waals surface area contributed by atoms with Gasteiger partial charge in [0, 0.05) is 6.54 Å². The highest BCUT2D eigenvalue weighted by Gasteiger charge is 2.09. The highest BCUT2D eigenvalue weighted by Crippen LogP contribution is 2.12. The van der Waals surface area contributed by atoms with Gasteiger partial charge in [0.15, 0.2) is 0 Å². The standard InChI is InChI=1S/C14H19NO4/c1-3-19-14(17)10-13(16)15-8-7-11-5-4-6-12(9-11)18-2/h4-6,9H,3,7-8,10H2,1-2H3,(H,15,16). The number of hydrogen-bond donors (Lipinski definition) is 1. The van der Waals surface area contributed by atoms with Crippen molar-refractivity contribution in [2.24, 2.45) is 0 Å². The van der Waals surface area contributed by atoms with Gasteiger partial charge in [-0.2, -0.15) is 0 Å². The summed E-state index contributed by atoms with van der Waals surface area (Å²) in [5.41, 5.74) is 1.07. The molecule has 1 aromatic carbocycles. The van der Waals surface area contributed by atoms with Gasteiger partial charge in [-0.15, -0.1) is 0 Å². The first-order valence-corrected chi connectivity index (χ1v) is 6.21. The van der Waals surface area contributed by atoms with Crippen molar-refractivity contribution in [1.29, 1.82) is 0 Å². The van der Waals surface area contributed by atoms with Crippen molar-refractivity contribution in [3.05, 3.63) is 29.8 Å². The Bertz CT molecular complexity index is 431. The van der Waals surface area contributed by atoms with E-state index in [0.717, 1.165) is 11.3 Å². The van der Waals surface area contributed by atoms with E-state index in [1.807, 2.05) is 24.3 Å². The first kappa shape index (κ1) is 15.0. The molecule has 5 nitrogen and oxygen atoms in total. The van der Waals surface area contributed by atoms with E-state index in [-0.39, 0.29) is 18.9 Å². The molecule has 0 aliphatic carbocycles. The Morgan fingerprint density at radius 2 is 2.11 bits per heavy atom. The molecule has 1 N–H and O–H groups in total. The highest BCUT2D eigenvalue weighted by atomic mass is 16.5. The molecule has 0 radical (unpaired) electrons. The minimum absolute atomic E-state index is 0.230. The number of rotatable bonds is 7. The summed E-state index contributed by atoms with van der Waals surface area (Å²) in [4.78, 5) is 22.5. The molecule has 0 heterocycles. The lowest BCUT2D eigenvalue weighted by Gasteiger charge is -2.06. The first-order valence-electron chi connectivity index (χ1n) is 6.21. The van der Waals surface area contributed by atoms with Crippen molar-refractivity contribution >= 4 is 11.9 Å². The zero-order chi connectivity index (χ0) is 14.1. The first-order chi connectivity index (χ1) is 9.15. The molecule has 0 unspecified atom stereocenters. The van der Waals surface area contributed by atoms with Crippen LogP contribution in [0.2, 0.25) is 0 Å². The van der Waals surface area contributed by atoms with Gasteiger partial charge in [-0.1, -0.05) is 12.1 Å². The number of hydrogen-bond acceptors (Lipinski definition) is 4. The molecule has 0 bridgehead atoms. The summed E-state index contributed by atoms with van der Waals surface area (Å²) in [6.45, 7) is 2.47. The summed E-state index contributed by atoms with van der Waals surface area (Å²) >= 11 is 0. The second-order valence-corrected chi connectivity index (χ2v) is 3.93. The largest absolute Gasteiger partial charge is 0.497 e. The zero-order valence-corrected chi connectivity index (χ0v) is 11.3.